The molecule has 7 nitrogen and oxygen atoms in total. The maximum atomic E-state index is 13.7. The summed E-state index contributed by atoms with van der Waals surface area (Å²) < 4.78 is 1.56. The highest BCUT2D eigenvalue weighted by Gasteiger charge is 2.31. The summed E-state index contributed by atoms with van der Waals surface area (Å²) in [5.41, 5.74) is 7.41. The molecule has 1 saturated heterocycles. The number of halogens is 1. The zero-order chi connectivity index (χ0) is 25.8. The number of aromatic nitrogens is 2. The molecule has 0 spiro atoms. The van der Waals surface area contributed by atoms with Crippen LogP contribution in [-0.4, -0.2) is 44.6 Å². The summed E-state index contributed by atoms with van der Waals surface area (Å²) in [5, 5.41) is 1.08. The number of thioether (sulfide) groups is 1. The van der Waals surface area contributed by atoms with E-state index in [9.17, 15) is 14.4 Å². The van der Waals surface area contributed by atoms with E-state index in [1.54, 1.807) is 28.8 Å². The fourth-order valence-electron chi connectivity index (χ4n) is 4.59. The van der Waals surface area contributed by atoms with Crippen molar-refractivity contribution in [1.29, 1.82) is 0 Å². The van der Waals surface area contributed by atoms with E-state index in [1.165, 1.54) is 11.8 Å². The van der Waals surface area contributed by atoms with E-state index < -0.39 is 5.25 Å². The van der Waals surface area contributed by atoms with Crippen molar-refractivity contribution in [1.82, 2.24) is 14.5 Å². The predicted octanol–water partition coefficient (Wildman–Crippen LogP) is 4.72. The van der Waals surface area contributed by atoms with Crippen molar-refractivity contribution < 1.29 is 9.59 Å². The number of nitrogens with two attached hydrogens (primary N) is 1. The molecule has 2 aromatic carbocycles. The number of carbonyl (C=O) groups excluding carboxylic acids is 2. The Bertz CT molecular complexity index is 1330. The molecule has 3 aromatic rings. The quantitative estimate of drug-likeness (QED) is 0.338. The normalized spacial score (nSPS) is 15.2. The van der Waals surface area contributed by atoms with Crippen molar-refractivity contribution in [2.45, 2.75) is 56.4 Å². The number of primary amides is 1. The van der Waals surface area contributed by atoms with Crippen LogP contribution in [0.5, 0.6) is 0 Å². The molecule has 2 heterocycles. The van der Waals surface area contributed by atoms with Gasteiger partial charge in [-0.25, -0.2) is 4.98 Å². The third-order valence-corrected chi connectivity index (χ3v) is 8.13. The average molecular weight is 527 g/mol. The van der Waals surface area contributed by atoms with Crippen LogP contribution >= 0.6 is 23.4 Å². The number of aryl methyl sites for hydroxylation is 1. The van der Waals surface area contributed by atoms with E-state index in [-0.39, 0.29) is 23.3 Å². The molecule has 1 aliphatic rings. The lowest BCUT2D eigenvalue weighted by Gasteiger charge is -2.33. The van der Waals surface area contributed by atoms with Crippen LogP contribution in [0.15, 0.2) is 52.4 Å². The molecule has 1 fully saturated rings. The van der Waals surface area contributed by atoms with E-state index in [0.717, 1.165) is 18.4 Å². The fourth-order valence-corrected chi connectivity index (χ4v) is 6.00. The number of hydrogen-bond donors (Lipinski definition) is 1. The maximum absolute atomic E-state index is 13.7. The Kier molecular flexibility index (Phi) is 8.36. The summed E-state index contributed by atoms with van der Waals surface area (Å²) in [4.78, 5) is 45.7. The van der Waals surface area contributed by atoms with Crippen molar-refractivity contribution in [3.05, 3.63) is 63.4 Å². The second-order valence-electron chi connectivity index (χ2n) is 9.24. The zero-order valence-corrected chi connectivity index (χ0v) is 22.1. The molecule has 0 saturated carbocycles. The first-order valence-corrected chi connectivity index (χ1v) is 13.6. The van der Waals surface area contributed by atoms with Gasteiger partial charge in [0.25, 0.3) is 5.56 Å². The van der Waals surface area contributed by atoms with Gasteiger partial charge in [0.05, 0.1) is 21.8 Å². The second-order valence-corrected chi connectivity index (χ2v) is 10.8. The first kappa shape index (κ1) is 26.2. The van der Waals surface area contributed by atoms with Gasteiger partial charge in [0.15, 0.2) is 5.16 Å². The Balaban J connectivity index is 1.75. The molecule has 1 aromatic heterocycles. The third-order valence-electron chi connectivity index (χ3n) is 6.69. The van der Waals surface area contributed by atoms with Crippen molar-refractivity contribution in [2.24, 2.45) is 11.7 Å². The van der Waals surface area contributed by atoms with Crippen LogP contribution in [0.3, 0.4) is 0 Å². The van der Waals surface area contributed by atoms with Crippen LogP contribution in [0, 0.1) is 12.8 Å². The average Bonchev–Trinajstić information content (AvgIpc) is 2.87. The number of rotatable bonds is 8. The smallest absolute Gasteiger partial charge is 0.266 e. The summed E-state index contributed by atoms with van der Waals surface area (Å²) in [6.07, 6.45) is 3.63. The Hall–Kier alpha value is -2.84. The highest BCUT2D eigenvalue weighted by atomic mass is 35.5. The molecular weight excluding hydrogens is 496 g/mol. The predicted molar refractivity (Wildman–Crippen MR) is 145 cm³/mol. The SMILES string of the molecule is CCCCC(Sc1nc2c(C)cccc2c(=O)n1-c1cccc(Cl)c1)C(=O)N1CCC(C(N)=O)CC1. The minimum Gasteiger partial charge on any atom is -0.369 e. The van der Waals surface area contributed by atoms with Crippen LogP contribution in [0.4, 0.5) is 0 Å². The molecule has 1 aliphatic heterocycles. The Morgan fingerprint density at radius 3 is 2.58 bits per heavy atom. The van der Waals surface area contributed by atoms with Gasteiger partial charge in [-0.2, -0.15) is 0 Å². The van der Waals surface area contributed by atoms with Gasteiger partial charge in [0.2, 0.25) is 11.8 Å². The number of para-hydroxylation sites is 1. The number of benzene rings is 2. The lowest BCUT2D eigenvalue weighted by Crippen LogP contribution is -2.45. The van der Waals surface area contributed by atoms with Crippen LogP contribution in [0.2, 0.25) is 5.02 Å². The van der Waals surface area contributed by atoms with Crippen LogP contribution in [-0.2, 0) is 9.59 Å². The maximum Gasteiger partial charge on any atom is 0.266 e. The van der Waals surface area contributed by atoms with Gasteiger partial charge in [-0.15, -0.1) is 0 Å². The summed E-state index contributed by atoms with van der Waals surface area (Å²) in [6, 6.07) is 12.6. The van der Waals surface area contributed by atoms with Crippen molar-refractivity contribution in [3.63, 3.8) is 0 Å². The van der Waals surface area contributed by atoms with Gasteiger partial charge in [-0.3, -0.25) is 19.0 Å². The first-order valence-electron chi connectivity index (χ1n) is 12.3. The largest absolute Gasteiger partial charge is 0.369 e. The summed E-state index contributed by atoms with van der Waals surface area (Å²) in [5.74, 6) is -0.484. The third kappa shape index (κ3) is 5.60. The summed E-state index contributed by atoms with van der Waals surface area (Å²) in [7, 11) is 0. The molecule has 2 amide bonds. The van der Waals surface area contributed by atoms with Gasteiger partial charge in [-0.1, -0.05) is 61.3 Å². The summed E-state index contributed by atoms with van der Waals surface area (Å²) in [6.45, 7) is 5.02. The zero-order valence-electron chi connectivity index (χ0n) is 20.6. The van der Waals surface area contributed by atoms with Gasteiger partial charge in [0.1, 0.15) is 0 Å². The molecule has 0 radical (unpaired) electrons. The number of hydrogen-bond acceptors (Lipinski definition) is 5. The molecule has 36 heavy (non-hydrogen) atoms. The molecule has 2 N–H and O–H groups in total. The molecule has 9 heteroatoms. The van der Waals surface area contributed by atoms with E-state index in [4.69, 9.17) is 22.3 Å². The Morgan fingerprint density at radius 2 is 1.92 bits per heavy atom. The number of piperidine rings is 1. The van der Waals surface area contributed by atoms with Crippen LogP contribution < -0.4 is 11.3 Å². The van der Waals surface area contributed by atoms with E-state index >= 15 is 0 Å². The highest BCUT2D eigenvalue weighted by Crippen LogP contribution is 2.31. The molecule has 0 bridgehead atoms. The van der Waals surface area contributed by atoms with Crippen LogP contribution in [0.1, 0.15) is 44.6 Å². The van der Waals surface area contributed by atoms with Crippen molar-refractivity contribution >= 4 is 46.1 Å². The standard InChI is InChI=1S/C27H31ClN4O3S/c1-3-4-11-22(26(35)31-14-12-18(13-15-31)24(29)33)36-27-30-23-17(2)7-5-10-21(23)25(34)32(27)20-9-6-8-19(28)16-20/h5-10,16,18,22H,3-4,11-15H2,1-2H3,(H2,29,33). The minimum atomic E-state index is -0.408. The topological polar surface area (TPSA) is 98.3 Å². The first-order chi connectivity index (χ1) is 17.3. The van der Waals surface area contributed by atoms with E-state index in [0.29, 0.717) is 59.1 Å². The number of amides is 2. The monoisotopic (exact) mass is 526 g/mol. The number of fused-ring (bicyclic) bond motifs is 1. The number of carbonyl (C=O) groups is 2. The molecule has 4 rings (SSSR count). The lowest BCUT2D eigenvalue weighted by atomic mass is 9.96. The Labute approximate surface area is 220 Å². The summed E-state index contributed by atoms with van der Waals surface area (Å²) >= 11 is 7.60. The molecule has 1 atom stereocenters. The Morgan fingerprint density at radius 1 is 1.19 bits per heavy atom. The van der Waals surface area contributed by atoms with Gasteiger partial charge in [-0.05, 0) is 56.0 Å². The van der Waals surface area contributed by atoms with Crippen molar-refractivity contribution in [2.75, 3.05) is 13.1 Å². The van der Waals surface area contributed by atoms with Gasteiger partial charge in [0, 0.05) is 24.0 Å². The van der Waals surface area contributed by atoms with Gasteiger partial charge >= 0.3 is 0 Å². The van der Waals surface area contributed by atoms with E-state index in [1.807, 2.05) is 30.0 Å². The molecule has 0 aliphatic carbocycles. The minimum absolute atomic E-state index is 0.00754. The molecule has 1 unspecified atom stereocenters. The van der Waals surface area contributed by atoms with E-state index in [2.05, 4.69) is 6.92 Å². The van der Waals surface area contributed by atoms with Gasteiger partial charge < -0.3 is 10.6 Å². The molecular formula is C27H31ClN4O3S. The van der Waals surface area contributed by atoms with Crippen LogP contribution in [0.25, 0.3) is 16.6 Å². The lowest BCUT2D eigenvalue weighted by molar-refractivity contribution is -0.134. The molecule has 190 valence electrons. The number of likely N-dealkylation sites (tertiary alicyclic amines) is 1. The highest BCUT2D eigenvalue weighted by molar-refractivity contribution is 8.00. The fraction of sp³-hybridized carbons (Fsp3) is 0.407. The second kappa shape index (κ2) is 11.5. The number of unbranched alkanes of at least 4 members (excludes halogenated alkanes) is 1. The van der Waals surface area contributed by atoms with Crippen molar-refractivity contribution in [3.8, 4) is 5.69 Å². The number of nitrogens with zero attached hydrogens (tertiary/aromatic N) is 3.